The Balaban J connectivity index is 1.81. The van der Waals surface area contributed by atoms with Gasteiger partial charge in [0.1, 0.15) is 0 Å². The van der Waals surface area contributed by atoms with Gasteiger partial charge in [-0.3, -0.25) is 10.1 Å². The highest BCUT2D eigenvalue weighted by molar-refractivity contribution is 5.32. The lowest BCUT2D eigenvalue weighted by Gasteiger charge is -2.21. The van der Waals surface area contributed by atoms with Crippen LogP contribution in [0.4, 0.5) is 5.69 Å². The van der Waals surface area contributed by atoms with Crippen molar-refractivity contribution in [3.8, 4) is 0 Å². The van der Waals surface area contributed by atoms with Gasteiger partial charge in [0.05, 0.1) is 4.92 Å². The van der Waals surface area contributed by atoms with Crippen LogP contribution in [-0.4, -0.2) is 55.6 Å². The second kappa shape index (κ2) is 7.94. The van der Waals surface area contributed by atoms with E-state index < -0.39 is 0 Å². The molecule has 110 valence electrons. The molecule has 6 nitrogen and oxygen atoms in total. The highest BCUT2D eigenvalue weighted by atomic mass is 16.6. The Morgan fingerprint density at radius 2 is 1.65 bits per heavy atom. The fourth-order valence-electron chi connectivity index (χ4n) is 2.31. The van der Waals surface area contributed by atoms with Crippen LogP contribution < -0.4 is 10.6 Å². The summed E-state index contributed by atoms with van der Waals surface area (Å²) in [5.74, 6) is 0. The first-order chi connectivity index (χ1) is 9.75. The molecule has 1 fully saturated rings. The SMILES string of the molecule is O=[N+]([O-])c1ccc(CCN2CCNCCNCC2)cc1. The monoisotopic (exact) mass is 278 g/mol. The summed E-state index contributed by atoms with van der Waals surface area (Å²) in [5.41, 5.74) is 1.31. The topological polar surface area (TPSA) is 70.4 Å². The summed E-state index contributed by atoms with van der Waals surface area (Å²) in [6.45, 7) is 7.17. The summed E-state index contributed by atoms with van der Waals surface area (Å²) in [7, 11) is 0. The van der Waals surface area contributed by atoms with Crippen molar-refractivity contribution >= 4 is 5.69 Å². The van der Waals surface area contributed by atoms with E-state index in [4.69, 9.17) is 0 Å². The molecule has 0 radical (unpaired) electrons. The molecule has 0 bridgehead atoms. The molecule has 2 rings (SSSR count). The fourth-order valence-corrected chi connectivity index (χ4v) is 2.31. The Morgan fingerprint density at radius 1 is 1.05 bits per heavy atom. The molecule has 0 aliphatic carbocycles. The molecule has 20 heavy (non-hydrogen) atoms. The summed E-state index contributed by atoms with van der Waals surface area (Å²) in [5, 5.41) is 17.4. The van der Waals surface area contributed by atoms with E-state index in [1.54, 1.807) is 12.1 Å². The Hall–Kier alpha value is -1.50. The van der Waals surface area contributed by atoms with Gasteiger partial charge >= 0.3 is 0 Å². The molecular weight excluding hydrogens is 256 g/mol. The van der Waals surface area contributed by atoms with Gasteiger partial charge in [0, 0.05) is 57.9 Å². The maximum atomic E-state index is 10.6. The standard InChI is InChI=1S/C14H22N4O2/c19-18(20)14-3-1-13(2-4-14)5-10-17-11-8-15-6-7-16-9-12-17/h1-4,15-16H,5-12H2. The quantitative estimate of drug-likeness (QED) is 0.624. The molecule has 1 heterocycles. The van der Waals surface area contributed by atoms with Gasteiger partial charge in [-0.15, -0.1) is 0 Å². The molecule has 0 saturated carbocycles. The van der Waals surface area contributed by atoms with Crippen LogP contribution in [0.25, 0.3) is 0 Å². The van der Waals surface area contributed by atoms with Crippen LogP contribution in [0.5, 0.6) is 0 Å². The molecular formula is C14H22N4O2. The molecule has 1 aliphatic rings. The number of hydrogen-bond donors (Lipinski definition) is 2. The van der Waals surface area contributed by atoms with Crippen molar-refractivity contribution in [2.45, 2.75) is 6.42 Å². The summed E-state index contributed by atoms with van der Waals surface area (Å²) in [4.78, 5) is 12.7. The minimum atomic E-state index is -0.358. The van der Waals surface area contributed by atoms with Gasteiger partial charge in [-0.05, 0) is 12.0 Å². The highest BCUT2D eigenvalue weighted by Gasteiger charge is 2.08. The number of nitro benzene ring substituents is 1. The molecule has 0 aromatic heterocycles. The Bertz CT molecular complexity index is 412. The van der Waals surface area contributed by atoms with Gasteiger partial charge in [0.25, 0.3) is 5.69 Å². The number of nitrogens with zero attached hydrogens (tertiary/aromatic N) is 2. The Morgan fingerprint density at radius 3 is 2.20 bits per heavy atom. The van der Waals surface area contributed by atoms with Crippen LogP contribution in [0.1, 0.15) is 5.56 Å². The van der Waals surface area contributed by atoms with E-state index in [0.29, 0.717) is 0 Å². The smallest absolute Gasteiger partial charge is 0.269 e. The van der Waals surface area contributed by atoms with Gasteiger partial charge in [-0.2, -0.15) is 0 Å². The Kier molecular flexibility index (Phi) is 5.91. The second-order valence-electron chi connectivity index (χ2n) is 5.02. The van der Waals surface area contributed by atoms with Gasteiger partial charge < -0.3 is 15.5 Å². The maximum Gasteiger partial charge on any atom is 0.269 e. The average Bonchev–Trinajstić information content (AvgIpc) is 2.59. The predicted octanol–water partition coefficient (Wildman–Crippen LogP) is 0.632. The highest BCUT2D eigenvalue weighted by Crippen LogP contribution is 2.12. The minimum absolute atomic E-state index is 0.157. The predicted molar refractivity (Wildman–Crippen MR) is 79.0 cm³/mol. The summed E-state index contributed by atoms with van der Waals surface area (Å²) >= 11 is 0. The van der Waals surface area contributed by atoms with Crippen molar-refractivity contribution in [2.75, 3.05) is 45.8 Å². The first-order valence-corrected chi connectivity index (χ1v) is 7.13. The molecule has 1 saturated heterocycles. The van der Waals surface area contributed by atoms with E-state index in [1.165, 1.54) is 0 Å². The van der Waals surface area contributed by atoms with Crippen molar-refractivity contribution in [3.63, 3.8) is 0 Å². The number of nitro groups is 1. The van der Waals surface area contributed by atoms with E-state index in [1.807, 2.05) is 12.1 Å². The Labute approximate surface area is 119 Å². The molecule has 0 unspecified atom stereocenters. The zero-order valence-electron chi connectivity index (χ0n) is 11.7. The third-order valence-corrected chi connectivity index (χ3v) is 3.55. The molecule has 1 aliphatic heterocycles. The molecule has 0 spiro atoms. The van der Waals surface area contributed by atoms with E-state index in [0.717, 1.165) is 57.8 Å². The average molecular weight is 278 g/mol. The van der Waals surface area contributed by atoms with Crippen LogP contribution in [-0.2, 0) is 6.42 Å². The number of non-ortho nitro benzene ring substituents is 1. The van der Waals surface area contributed by atoms with Crippen molar-refractivity contribution < 1.29 is 4.92 Å². The van der Waals surface area contributed by atoms with Crippen molar-refractivity contribution in [1.82, 2.24) is 15.5 Å². The van der Waals surface area contributed by atoms with Gasteiger partial charge in [0.2, 0.25) is 0 Å². The van der Waals surface area contributed by atoms with Crippen LogP contribution in [0.3, 0.4) is 0 Å². The van der Waals surface area contributed by atoms with Gasteiger partial charge in [-0.1, -0.05) is 12.1 Å². The molecule has 2 N–H and O–H groups in total. The first kappa shape index (κ1) is 14.9. The van der Waals surface area contributed by atoms with E-state index in [-0.39, 0.29) is 10.6 Å². The third-order valence-electron chi connectivity index (χ3n) is 3.55. The van der Waals surface area contributed by atoms with Crippen LogP contribution >= 0.6 is 0 Å². The van der Waals surface area contributed by atoms with Gasteiger partial charge in [0.15, 0.2) is 0 Å². The lowest BCUT2D eigenvalue weighted by atomic mass is 10.1. The number of rotatable bonds is 4. The maximum absolute atomic E-state index is 10.6. The number of benzene rings is 1. The molecule has 0 amide bonds. The zero-order chi connectivity index (χ0) is 14.2. The number of hydrogen-bond acceptors (Lipinski definition) is 5. The van der Waals surface area contributed by atoms with Crippen molar-refractivity contribution in [2.24, 2.45) is 0 Å². The minimum Gasteiger partial charge on any atom is -0.314 e. The third kappa shape index (κ3) is 4.88. The number of nitrogens with one attached hydrogen (secondary N) is 2. The molecule has 1 aromatic rings. The lowest BCUT2D eigenvalue weighted by Crippen LogP contribution is -2.35. The molecule has 1 aromatic carbocycles. The summed E-state index contributed by atoms with van der Waals surface area (Å²) in [6, 6.07) is 6.86. The molecule has 0 atom stereocenters. The largest absolute Gasteiger partial charge is 0.314 e. The van der Waals surface area contributed by atoms with Crippen molar-refractivity contribution in [1.29, 1.82) is 0 Å². The van der Waals surface area contributed by atoms with Crippen molar-refractivity contribution in [3.05, 3.63) is 39.9 Å². The summed E-state index contributed by atoms with van der Waals surface area (Å²) in [6.07, 6.45) is 0.929. The first-order valence-electron chi connectivity index (χ1n) is 7.13. The second-order valence-corrected chi connectivity index (χ2v) is 5.02. The van der Waals surface area contributed by atoms with E-state index in [2.05, 4.69) is 15.5 Å². The molecule has 6 heteroatoms. The van der Waals surface area contributed by atoms with Gasteiger partial charge in [-0.25, -0.2) is 0 Å². The summed E-state index contributed by atoms with van der Waals surface area (Å²) < 4.78 is 0. The zero-order valence-corrected chi connectivity index (χ0v) is 11.7. The van der Waals surface area contributed by atoms with E-state index in [9.17, 15) is 10.1 Å². The lowest BCUT2D eigenvalue weighted by molar-refractivity contribution is -0.384. The van der Waals surface area contributed by atoms with E-state index >= 15 is 0 Å². The fraction of sp³-hybridized carbons (Fsp3) is 0.571. The van der Waals surface area contributed by atoms with Crippen LogP contribution in [0, 0.1) is 10.1 Å². The van der Waals surface area contributed by atoms with Crippen LogP contribution in [0.15, 0.2) is 24.3 Å². The van der Waals surface area contributed by atoms with Crippen LogP contribution in [0.2, 0.25) is 0 Å². The normalized spacial score (nSPS) is 18.0.